The highest BCUT2D eigenvalue weighted by Gasteiger charge is 2.12. The van der Waals surface area contributed by atoms with Crippen LogP contribution in [0.5, 0.6) is 0 Å². The Labute approximate surface area is 119 Å². The van der Waals surface area contributed by atoms with Crippen molar-refractivity contribution in [3.05, 3.63) is 58.9 Å². The van der Waals surface area contributed by atoms with Crippen molar-refractivity contribution in [1.29, 1.82) is 0 Å². The maximum atomic E-state index is 5.72. The molecule has 2 aromatic heterocycles. The first-order valence-electron chi connectivity index (χ1n) is 6.85. The largest absolute Gasteiger partial charge is 0.326 e. The molecule has 0 saturated heterocycles. The fourth-order valence-electron chi connectivity index (χ4n) is 2.66. The smallest absolute Gasteiger partial charge is 0.137 e. The van der Waals surface area contributed by atoms with Crippen LogP contribution in [0, 0.1) is 20.8 Å². The second-order valence-corrected chi connectivity index (χ2v) is 5.33. The third-order valence-corrected chi connectivity index (χ3v) is 3.79. The molecular weight excluding hydrogens is 246 g/mol. The van der Waals surface area contributed by atoms with E-state index in [2.05, 4.69) is 49.6 Å². The van der Waals surface area contributed by atoms with Gasteiger partial charge in [0.05, 0.1) is 5.69 Å². The van der Waals surface area contributed by atoms with Crippen LogP contribution in [0.2, 0.25) is 0 Å². The van der Waals surface area contributed by atoms with E-state index in [1.165, 1.54) is 16.7 Å². The van der Waals surface area contributed by atoms with Gasteiger partial charge >= 0.3 is 0 Å². The monoisotopic (exact) mass is 265 g/mol. The fraction of sp³-hybridized carbons (Fsp3) is 0.235. The van der Waals surface area contributed by atoms with Crippen LogP contribution >= 0.6 is 0 Å². The molecule has 1 aromatic carbocycles. The SMILES string of the molecule is Cc1ccc(-c2nc3ccc(CN)cn3c2C)c(C)c1. The summed E-state index contributed by atoms with van der Waals surface area (Å²) in [7, 11) is 0. The Morgan fingerprint density at radius 3 is 2.60 bits per heavy atom. The molecule has 2 N–H and O–H groups in total. The van der Waals surface area contributed by atoms with Crippen molar-refractivity contribution < 1.29 is 0 Å². The zero-order chi connectivity index (χ0) is 14.3. The van der Waals surface area contributed by atoms with E-state index in [0.29, 0.717) is 6.54 Å². The molecule has 3 nitrogen and oxygen atoms in total. The molecule has 0 unspecified atom stereocenters. The highest BCUT2D eigenvalue weighted by atomic mass is 15.0. The number of aryl methyl sites for hydroxylation is 3. The predicted octanol–water partition coefficient (Wildman–Crippen LogP) is 3.39. The van der Waals surface area contributed by atoms with Crippen molar-refractivity contribution in [2.75, 3.05) is 0 Å². The molecule has 20 heavy (non-hydrogen) atoms. The number of rotatable bonds is 2. The summed E-state index contributed by atoms with van der Waals surface area (Å²) >= 11 is 0. The maximum Gasteiger partial charge on any atom is 0.137 e. The zero-order valence-corrected chi connectivity index (χ0v) is 12.1. The van der Waals surface area contributed by atoms with Crippen molar-refractivity contribution in [3.63, 3.8) is 0 Å². The van der Waals surface area contributed by atoms with Gasteiger partial charge in [-0.1, -0.05) is 29.8 Å². The average molecular weight is 265 g/mol. The Morgan fingerprint density at radius 1 is 1.10 bits per heavy atom. The summed E-state index contributed by atoms with van der Waals surface area (Å²) in [6.07, 6.45) is 2.07. The highest BCUT2D eigenvalue weighted by molar-refractivity contribution is 5.69. The first kappa shape index (κ1) is 12.9. The molecule has 0 radical (unpaired) electrons. The normalized spacial score (nSPS) is 11.2. The summed E-state index contributed by atoms with van der Waals surface area (Å²) in [6.45, 7) is 6.90. The lowest BCUT2D eigenvalue weighted by atomic mass is 10.0. The number of hydrogen-bond acceptors (Lipinski definition) is 2. The molecule has 0 bridgehead atoms. The van der Waals surface area contributed by atoms with E-state index in [0.717, 1.165) is 22.6 Å². The Hall–Kier alpha value is -2.13. The van der Waals surface area contributed by atoms with Gasteiger partial charge in [-0.25, -0.2) is 4.98 Å². The van der Waals surface area contributed by atoms with Crippen LogP contribution in [0.25, 0.3) is 16.9 Å². The van der Waals surface area contributed by atoms with Gasteiger partial charge in [-0.15, -0.1) is 0 Å². The van der Waals surface area contributed by atoms with Crippen LogP contribution in [-0.2, 0) is 6.54 Å². The van der Waals surface area contributed by atoms with E-state index in [9.17, 15) is 0 Å². The average Bonchev–Trinajstić information content (AvgIpc) is 2.76. The van der Waals surface area contributed by atoms with Crippen molar-refractivity contribution in [2.45, 2.75) is 27.3 Å². The van der Waals surface area contributed by atoms with E-state index in [1.54, 1.807) is 0 Å². The number of benzene rings is 1. The summed E-state index contributed by atoms with van der Waals surface area (Å²) < 4.78 is 2.12. The molecule has 3 aromatic rings. The summed E-state index contributed by atoms with van der Waals surface area (Å²) in [4.78, 5) is 4.77. The molecule has 3 rings (SSSR count). The van der Waals surface area contributed by atoms with Crippen molar-refractivity contribution >= 4 is 5.65 Å². The molecule has 0 spiro atoms. The van der Waals surface area contributed by atoms with E-state index >= 15 is 0 Å². The third kappa shape index (κ3) is 2.00. The first-order chi connectivity index (χ1) is 9.60. The Bertz CT molecular complexity index is 784. The van der Waals surface area contributed by atoms with E-state index in [1.807, 2.05) is 12.1 Å². The summed E-state index contributed by atoms with van der Waals surface area (Å²) in [5.41, 5.74) is 13.7. The standard InChI is InChI=1S/C17H19N3/c1-11-4-6-15(12(2)8-11)17-13(3)20-10-14(9-18)5-7-16(20)19-17/h4-8,10H,9,18H2,1-3H3. The Balaban J connectivity index is 2.24. The lowest BCUT2D eigenvalue weighted by molar-refractivity contribution is 1.01. The number of fused-ring (bicyclic) bond motifs is 1. The van der Waals surface area contributed by atoms with Crippen LogP contribution in [0.3, 0.4) is 0 Å². The zero-order valence-electron chi connectivity index (χ0n) is 12.1. The van der Waals surface area contributed by atoms with Crippen LogP contribution in [0.4, 0.5) is 0 Å². The van der Waals surface area contributed by atoms with E-state index in [-0.39, 0.29) is 0 Å². The molecule has 0 aliphatic carbocycles. The minimum Gasteiger partial charge on any atom is -0.326 e. The molecule has 0 fully saturated rings. The lowest BCUT2D eigenvalue weighted by Crippen LogP contribution is -1.98. The molecule has 0 aliphatic rings. The van der Waals surface area contributed by atoms with Crippen LogP contribution < -0.4 is 5.73 Å². The highest BCUT2D eigenvalue weighted by Crippen LogP contribution is 2.27. The predicted molar refractivity (Wildman–Crippen MR) is 82.7 cm³/mol. The van der Waals surface area contributed by atoms with Gasteiger partial charge in [-0.2, -0.15) is 0 Å². The maximum absolute atomic E-state index is 5.72. The van der Waals surface area contributed by atoms with Gasteiger partial charge < -0.3 is 10.1 Å². The summed E-state index contributed by atoms with van der Waals surface area (Å²) in [5, 5.41) is 0. The molecule has 0 amide bonds. The van der Waals surface area contributed by atoms with Gasteiger partial charge in [-0.3, -0.25) is 0 Å². The fourth-order valence-corrected chi connectivity index (χ4v) is 2.66. The van der Waals surface area contributed by atoms with Crippen LogP contribution in [0.1, 0.15) is 22.4 Å². The first-order valence-corrected chi connectivity index (χ1v) is 6.85. The minimum absolute atomic E-state index is 0.548. The topological polar surface area (TPSA) is 43.3 Å². The number of imidazole rings is 1. The molecule has 0 saturated carbocycles. The number of nitrogens with zero attached hydrogens (tertiary/aromatic N) is 2. The van der Waals surface area contributed by atoms with Crippen molar-refractivity contribution in [1.82, 2.24) is 9.38 Å². The Morgan fingerprint density at radius 2 is 1.90 bits per heavy atom. The Kier molecular flexibility index (Phi) is 3.07. The number of aromatic nitrogens is 2. The van der Waals surface area contributed by atoms with Gasteiger partial charge in [0.15, 0.2) is 0 Å². The second-order valence-electron chi connectivity index (χ2n) is 5.33. The lowest BCUT2D eigenvalue weighted by Gasteiger charge is -2.05. The number of pyridine rings is 1. The molecule has 0 aliphatic heterocycles. The van der Waals surface area contributed by atoms with Crippen molar-refractivity contribution in [2.24, 2.45) is 5.73 Å². The third-order valence-electron chi connectivity index (χ3n) is 3.79. The van der Waals surface area contributed by atoms with E-state index in [4.69, 9.17) is 10.7 Å². The molecule has 0 atom stereocenters. The molecule has 2 heterocycles. The van der Waals surface area contributed by atoms with Crippen LogP contribution in [-0.4, -0.2) is 9.38 Å². The second kappa shape index (κ2) is 4.76. The summed E-state index contributed by atoms with van der Waals surface area (Å²) in [6, 6.07) is 10.6. The van der Waals surface area contributed by atoms with Crippen molar-refractivity contribution in [3.8, 4) is 11.3 Å². The van der Waals surface area contributed by atoms with Gasteiger partial charge in [0.1, 0.15) is 5.65 Å². The molecule has 3 heteroatoms. The van der Waals surface area contributed by atoms with Crippen LogP contribution in [0.15, 0.2) is 36.5 Å². The molecular formula is C17H19N3. The minimum atomic E-state index is 0.548. The van der Waals surface area contributed by atoms with E-state index < -0.39 is 0 Å². The number of nitrogens with two attached hydrogens (primary N) is 1. The quantitative estimate of drug-likeness (QED) is 0.772. The summed E-state index contributed by atoms with van der Waals surface area (Å²) in [5.74, 6) is 0. The molecule has 102 valence electrons. The van der Waals surface area contributed by atoms with Gasteiger partial charge in [0.25, 0.3) is 0 Å². The number of hydrogen-bond donors (Lipinski definition) is 1. The van der Waals surface area contributed by atoms with Gasteiger partial charge in [0, 0.05) is 24.0 Å². The van der Waals surface area contributed by atoms with Gasteiger partial charge in [0.2, 0.25) is 0 Å². The van der Waals surface area contributed by atoms with Gasteiger partial charge in [-0.05, 0) is 38.0 Å².